The van der Waals surface area contributed by atoms with Gasteiger partial charge in [0.1, 0.15) is 5.82 Å². The molecule has 0 unspecified atom stereocenters. The van der Waals surface area contributed by atoms with Gasteiger partial charge < -0.3 is 5.11 Å². The molecule has 8 heteroatoms. The number of nitrogens with one attached hydrogen (secondary N) is 1. The third kappa shape index (κ3) is 2.48. The minimum atomic E-state index is -1.16. The standard InChI is InChI=1S/C13H8FN3O3S/c14-8-3-1-2-7(4-8)9-5-11(18)17(16-9)13-15-10(6-21-13)12(19)20/h1-6,16H,(H,19,20). The Hall–Kier alpha value is -2.74. The van der Waals surface area contributed by atoms with Crippen LogP contribution in [-0.2, 0) is 0 Å². The van der Waals surface area contributed by atoms with Crippen LogP contribution in [-0.4, -0.2) is 25.8 Å². The van der Waals surface area contributed by atoms with Gasteiger partial charge in [0.15, 0.2) is 5.69 Å². The van der Waals surface area contributed by atoms with E-state index >= 15 is 0 Å². The zero-order valence-corrected chi connectivity index (χ0v) is 11.2. The second kappa shape index (κ2) is 4.98. The first-order chi connectivity index (χ1) is 10.0. The number of carboxylic acid groups (broad SMARTS) is 1. The number of hydrogen-bond acceptors (Lipinski definition) is 4. The highest BCUT2D eigenvalue weighted by Crippen LogP contribution is 2.18. The Morgan fingerprint density at radius 1 is 1.38 bits per heavy atom. The molecule has 1 aromatic carbocycles. The fraction of sp³-hybridized carbons (Fsp3) is 0. The molecule has 2 aromatic heterocycles. The van der Waals surface area contributed by atoms with E-state index in [1.54, 1.807) is 6.07 Å². The van der Waals surface area contributed by atoms with Crippen molar-refractivity contribution < 1.29 is 14.3 Å². The van der Waals surface area contributed by atoms with Crippen molar-refractivity contribution >= 4 is 17.3 Å². The van der Waals surface area contributed by atoms with Crippen LogP contribution in [0.25, 0.3) is 16.4 Å². The summed E-state index contributed by atoms with van der Waals surface area (Å²) in [5.41, 5.74) is 0.400. The third-order valence-electron chi connectivity index (χ3n) is 2.76. The number of H-pyrrole nitrogens is 1. The second-order valence-corrected chi connectivity index (χ2v) is 5.01. The van der Waals surface area contributed by atoms with Crippen molar-refractivity contribution in [1.82, 2.24) is 14.8 Å². The van der Waals surface area contributed by atoms with Gasteiger partial charge in [-0.2, -0.15) is 4.68 Å². The lowest BCUT2D eigenvalue weighted by molar-refractivity contribution is 0.0691. The molecule has 0 bridgehead atoms. The van der Waals surface area contributed by atoms with Crippen molar-refractivity contribution in [3.05, 3.63) is 57.6 Å². The first-order valence-corrected chi connectivity index (χ1v) is 6.70. The number of carboxylic acids is 1. The average Bonchev–Trinajstić information content (AvgIpc) is 3.05. The van der Waals surface area contributed by atoms with E-state index in [4.69, 9.17) is 5.11 Å². The largest absolute Gasteiger partial charge is 0.476 e. The Bertz CT molecular complexity index is 881. The van der Waals surface area contributed by atoms with E-state index in [-0.39, 0.29) is 10.8 Å². The van der Waals surface area contributed by atoms with Crippen LogP contribution in [0.4, 0.5) is 4.39 Å². The van der Waals surface area contributed by atoms with Crippen LogP contribution in [0, 0.1) is 5.82 Å². The van der Waals surface area contributed by atoms with Crippen molar-refractivity contribution in [1.29, 1.82) is 0 Å². The van der Waals surface area contributed by atoms with Gasteiger partial charge in [-0.3, -0.25) is 9.89 Å². The summed E-state index contributed by atoms with van der Waals surface area (Å²) >= 11 is 1.02. The Kier molecular flexibility index (Phi) is 3.15. The zero-order chi connectivity index (χ0) is 15.0. The summed E-state index contributed by atoms with van der Waals surface area (Å²) in [6.45, 7) is 0. The van der Waals surface area contributed by atoms with Crippen molar-refractivity contribution in [2.45, 2.75) is 0 Å². The minimum Gasteiger partial charge on any atom is -0.476 e. The maximum Gasteiger partial charge on any atom is 0.355 e. The first kappa shape index (κ1) is 13.3. The van der Waals surface area contributed by atoms with Gasteiger partial charge >= 0.3 is 5.97 Å². The topological polar surface area (TPSA) is 88.0 Å². The van der Waals surface area contributed by atoms with Crippen LogP contribution in [0.2, 0.25) is 0 Å². The molecule has 3 aromatic rings. The van der Waals surface area contributed by atoms with Crippen LogP contribution in [0.3, 0.4) is 0 Å². The van der Waals surface area contributed by atoms with Gasteiger partial charge in [-0.1, -0.05) is 12.1 Å². The van der Waals surface area contributed by atoms with Gasteiger partial charge in [-0.15, -0.1) is 11.3 Å². The monoisotopic (exact) mass is 305 g/mol. The molecule has 2 N–H and O–H groups in total. The molecule has 0 aliphatic heterocycles. The number of hydrogen-bond donors (Lipinski definition) is 2. The number of thiazole rings is 1. The molecule has 0 fully saturated rings. The first-order valence-electron chi connectivity index (χ1n) is 5.82. The highest BCUT2D eigenvalue weighted by molar-refractivity contribution is 7.12. The van der Waals surface area contributed by atoms with E-state index in [1.807, 2.05) is 0 Å². The van der Waals surface area contributed by atoms with E-state index in [1.165, 1.54) is 29.6 Å². The SMILES string of the molecule is O=C(O)c1csc(-n2[nH]c(-c3cccc(F)c3)cc2=O)n1. The quantitative estimate of drug-likeness (QED) is 0.776. The van der Waals surface area contributed by atoms with Gasteiger partial charge in [-0.25, -0.2) is 14.2 Å². The Morgan fingerprint density at radius 3 is 2.86 bits per heavy atom. The molecule has 0 atom stereocenters. The molecule has 106 valence electrons. The van der Waals surface area contributed by atoms with Crippen molar-refractivity contribution in [2.75, 3.05) is 0 Å². The summed E-state index contributed by atoms with van der Waals surface area (Å²) in [7, 11) is 0. The molecular formula is C13H8FN3O3S. The molecule has 0 saturated heterocycles. The highest BCUT2D eigenvalue weighted by Gasteiger charge is 2.13. The van der Waals surface area contributed by atoms with Gasteiger partial charge in [0.2, 0.25) is 5.13 Å². The van der Waals surface area contributed by atoms with E-state index < -0.39 is 17.3 Å². The average molecular weight is 305 g/mol. The van der Waals surface area contributed by atoms with Gasteiger partial charge in [-0.05, 0) is 12.1 Å². The maximum absolute atomic E-state index is 13.2. The number of rotatable bonds is 3. The molecule has 0 amide bonds. The Morgan fingerprint density at radius 2 is 2.19 bits per heavy atom. The molecule has 6 nitrogen and oxygen atoms in total. The number of carbonyl (C=O) groups is 1. The number of aromatic amines is 1. The molecule has 21 heavy (non-hydrogen) atoms. The van der Waals surface area contributed by atoms with Crippen molar-refractivity contribution in [2.24, 2.45) is 0 Å². The predicted octanol–water partition coefficient (Wildman–Crippen LogP) is 2.13. The number of aromatic nitrogens is 3. The summed E-state index contributed by atoms with van der Waals surface area (Å²) < 4.78 is 14.3. The fourth-order valence-corrected chi connectivity index (χ4v) is 2.57. The molecule has 0 aliphatic carbocycles. The predicted molar refractivity (Wildman–Crippen MR) is 74.4 cm³/mol. The minimum absolute atomic E-state index is 0.135. The van der Waals surface area contributed by atoms with Crippen LogP contribution < -0.4 is 5.56 Å². The number of benzene rings is 1. The van der Waals surface area contributed by atoms with E-state index in [0.717, 1.165) is 16.0 Å². The highest BCUT2D eigenvalue weighted by atomic mass is 32.1. The number of aromatic carboxylic acids is 1. The van der Waals surface area contributed by atoms with Crippen LogP contribution in [0.5, 0.6) is 0 Å². The number of halogens is 1. The molecule has 0 aliphatic rings. The van der Waals surface area contributed by atoms with E-state index in [0.29, 0.717) is 11.3 Å². The number of nitrogens with zero attached hydrogens (tertiary/aromatic N) is 2. The molecule has 0 spiro atoms. The van der Waals surface area contributed by atoms with Gasteiger partial charge in [0.25, 0.3) is 5.56 Å². The van der Waals surface area contributed by atoms with Crippen LogP contribution >= 0.6 is 11.3 Å². The summed E-state index contributed by atoms with van der Waals surface area (Å²) in [4.78, 5) is 26.6. The van der Waals surface area contributed by atoms with Crippen molar-refractivity contribution in [3.8, 4) is 16.4 Å². The molecule has 0 saturated carbocycles. The lowest BCUT2D eigenvalue weighted by Gasteiger charge is -1.98. The van der Waals surface area contributed by atoms with Crippen LogP contribution in [0.1, 0.15) is 10.5 Å². The molecule has 3 rings (SSSR count). The normalized spacial score (nSPS) is 10.7. The summed E-state index contributed by atoms with van der Waals surface area (Å²) in [6, 6.07) is 7.09. The van der Waals surface area contributed by atoms with Crippen molar-refractivity contribution in [3.63, 3.8) is 0 Å². The summed E-state index contributed by atoms with van der Waals surface area (Å²) in [5, 5.41) is 13.2. The van der Waals surface area contributed by atoms with E-state index in [2.05, 4.69) is 10.1 Å². The molecule has 0 radical (unpaired) electrons. The molecule has 2 heterocycles. The molecular weight excluding hydrogens is 297 g/mol. The van der Waals surface area contributed by atoms with E-state index in [9.17, 15) is 14.0 Å². The summed E-state index contributed by atoms with van der Waals surface area (Å²) in [5.74, 6) is -1.58. The van der Waals surface area contributed by atoms with Gasteiger partial charge in [0, 0.05) is 17.0 Å². The second-order valence-electron chi connectivity index (χ2n) is 4.17. The maximum atomic E-state index is 13.2. The summed E-state index contributed by atoms with van der Waals surface area (Å²) in [6.07, 6.45) is 0. The fourth-order valence-electron chi connectivity index (χ4n) is 1.81. The smallest absolute Gasteiger partial charge is 0.355 e. The third-order valence-corrected chi connectivity index (χ3v) is 3.58. The lowest BCUT2D eigenvalue weighted by Crippen LogP contribution is -2.13. The Balaban J connectivity index is 2.05. The Labute approximate surface area is 121 Å². The lowest BCUT2D eigenvalue weighted by atomic mass is 10.1. The zero-order valence-electron chi connectivity index (χ0n) is 10.4. The van der Waals surface area contributed by atoms with Gasteiger partial charge in [0.05, 0.1) is 5.69 Å². The van der Waals surface area contributed by atoms with Crippen LogP contribution in [0.15, 0.2) is 40.5 Å².